The van der Waals surface area contributed by atoms with Crippen LogP contribution in [-0.2, 0) is 0 Å². The molecule has 2 N–H and O–H groups in total. The van der Waals surface area contributed by atoms with Crippen LogP contribution < -0.4 is 0 Å². The summed E-state index contributed by atoms with van der Waals surface area (Å²) in [5.74, 6) is 0.456. The van der Waals surface area contributed by atoms with Gasteiger partial charge in [0, 0.05) is 12.1 Å². The van der Waals surface area contributed by atoms with Crippen LogP contribution in [0.2, 0.25) is 0 Å². The minimum Gasteiger partial charge on any atom is -0.307 e. The first-order valence-corrected chi connectivity index (χ1v) is 2.43. The molecule has 0 aliphatic heterocycles. The molecule has 1 rings (SSSR count). The molecule has 2 nitrogen and oxygen atoms in total. The van der Waals surface area contributed by atoms with Crippen molar-refractivity contribution < 1.29 is 0 Å². The van der Waals surface area contributed by atoms with Crippen molar-refractivity contribution in [1.29, 1.82) is 10.8 Å². The second-order valence-corrected chi connectivity index (χ2v) is 1.87. The normalized spacial score (nSPS) is 18.9. The van der Waals surface area contributed by atoms with Gasteiger partial charge in [-0.15, -0.1) is 0 Å². The molecule has 0 heterocycles. The van der Waals surface area contributed by atoms with Gasteiger partial charge in [0.05, 0.1) is 5.71 Å². The Bertz CT molecular complexity index is 103. The first-order valence-electron chi connectivity index (χ1n) is 2.43. The molecule has 0 radical (unpaired) electrons. The average Bonchev–Trinajstić information content (AvgIpc) is 2.44. The van der Waals surface area contributed by atoms with Crippen molar-refractivity contribution in [3.05, 3.63) is 0 Å². The van der Waals surface area contributed by atoms with E-state index in [0.717, 1.165) is 19.1 Å². The standard InChI is InChI=1S/C5H8N2/c6-3-5(7)4-1-2-4/h3-4,6-7H,1-2H2. The Kier molecular flexibility index (Phi) is 0.929. The van der Waals surface area contributed by atoms with Crippen LogP contribution in [0.3, 0.4) is 0 Å². The van der Waals surface area contributed by atoms with Gasteiger partial charge >= 0.3 is 0 Å². The zero-order chi connectivity index (χ0) is 5.28. The topological polar surface area (TPSA) is 47.7 Å². The molecular weight excluding hydrogens is 88.1 g/mol. The van der Waals surface area contributed by atoms with Crippen molar-refractivity contribution in [2.24, 2.45) is 5.92 Å². The Labute approximate surface area is 42.6 Å². The lowest BCUT2D eigenvalue weighted by molar-refractivity contribution is 1.19. The molecule has 0 saturated heterocycles. The monoisotopic (exact) mass is 96.1 g/mol. The highest BCUT2D eigenvalue weighted by molar-refractivity contribution is 6.29. The van der Waals surface area contributed by atoms with Crippen molar-refractivity contribution >= 4 is 11.9 Å². The van der Waals surface area contributed by atoms with E-state index >= 15 is 0 Å². The molecule has 0 atom stereocenters. The van der Waals surface area contributed by atoms with Gasteiger partial charge in [0.2, 0.25) is 0 Å². The fourth-order valence-corrected chi connectivity index (χ4v) is 0.512. The van der Waals surface area contributed by atoms with Gasteiger partial charge in [-0.2, -0.15) is 0 Å². The Hall–Kier alpha value is -0.660. The lowest BCUT2D eigenvalue weighted by Crippen LogP contribution is -1.97. The number of nitrogens with one attached hydrogen (secondary N) is 2. The maximum absolute atomic E-state index is 7.01. The SMILES string of the molecule is N=CC(=N)C1CC1. The van der Waals surface area contributed by atoms with Crippen molar-refractivity contribution in [3.63, 3.8) is 0 Å². The fraction of sp³-hybridized carbons (Fsp3) is 0.600. The molecule has 0 aromatic heterocycles. The van der Waals surface area contributed by atoms with E-state index in [1.165, 1.54) is 0 Å². The molecule has 38 valence electrons. The van der Waals surface area contributed by atoms with Crippen LogP contribution in [0.1, 0.15) is 12.8 Å². The molecular formula is C5H8N2. The minimum absolute atomic E-state index is 0.456. The third-order valence-electron chi connectivity index (χ3n) is 1.17. The minimum atomic E-state index is 0.456. The molecule has 1 aliphatic carbocycles. The van der Waals surface area contributed by atoms with E-state index < -0.39 is 0 Å². The summed E-state index contributed by atoms with van der Waals surface area (Å²) in [5, 5.41) is 13.6. The van der Waals surface area contributed by atoms with Crippen molar-refractivity contribution in [3.8, 4) is 0 Å². The molecule has 0 bridgehead atoms. The van der Waals surface area contributed by atoms with Gasteiger partial charge in [-0.05, 0) is 12.8 Å². The van der Waals surface area contributed by atoms with Crippen LogP contribution in [0.4, 0.5) is 0 Å². The quantitative estimate of drug-likeness (QED) is 0.483. The molecule has 0 spiro atoms. The summed E-state index contributed by atoms with van der Waals surface area (Å²) < 4.78 is 0. The highest BCUT2D eigenvalue weighted by atomic mass is 14.5. The van der Waals surface area contributed by atoms with E-state index in [4.69, 9.17) is 10.8 Å². The highest BCUT2D eigenvalue weighted by Crippen LogP contribution is 2.28. The molecule has 0 aromatic rings. The summed E-state index contributed by atoms with van der Waals surface area (Å²) in [5.41, 5.74) is 0.500. The zero-order valence-corrected chi connectivity index (χ0v) is 4.07. The van der Waals surface area contributed by atoms with Gasteiger partial charge in [0.1, 0.15) is 0 Å². The average molecular weight is 96.1 g/mol. The first kappa shape index (κ1) is 4.50. The van der Waals surface area contributed by atoms with E-state index in [9.17, 15) is 0 Å². The largest absolute Gasteiger partial charge is 0.307 e. The predicted molar refractivity (Wildman–Crippen MR) is 29.2 cm³/mol. The number of hydrogen-bond donors (Lipinski definition) is 2. The first-order chi connectivity index (χ1) is 3.34. The molecule has 1 fully saturated rings. The Morgan fingerprint density at radius 3 is 2.29 bits per heavy atom. The third kappa shape index (κ3) is 0.856. The summed E-state index contributed by atoms with van der Waals surface area (Å²) >= 11 is 0. The van der Waals surface area contributed by atoms with Crippen LogP contribution in [0.15, 0.2) is 0 Å². The molecule has 2 heteroatoms. The maximum atomic E-state index is 7.01. The number of hydrogen-bond acceptors (Lipinski definition) is 2. The Morgan fingerprint density at radius 1 is 1.57 bits per heavy atom. The lowest BCUT2D eigenvalue weighted by atomic mass is 10.3. The molecule has 0 unspecified atom stereocenters. The summed E-state index contributed by atoms with van der Waals surface area (Å²) in [6.07, 6.45) is 3.40. The predicted octanol–water partition coefficient (Wildman–Crippen LogP) is 1.07. The van der Waals surface area contributed by atoms with Crippen LogP contribution in [0, 0.1) is 16.7 Å². The highest BCUT2D eigenvalue weighted by Gasteiger charge is 2.24. The van der Waals surface area contributed by atoms with Gasteiger partial charge in [-0.25, -0.2) is 0 Å². The second-order valence-electron chi connectivity index (χ2n) is 1.87. The van der Waals surface area contributed by atoms with Crippen LogP contribution in [-0.4, -0.2) is 11.9 Å². The van der Waals surface area contributed by atoms with E-state index in [1.807, 2.05) is 0 Å². The van der Waals surface area contributed by atoms with Gasteiger partial charge in [0.25, 0.3) is 0 Å². The van der Waals surface area contributed by atoms with Gasteiger partial charge in [-0.1, -0.05) is 0 Å². The maximum Gasteiger partial charge on any atom is 0.0520 e. The van der Waals surface area contributed by atoms with Crippen LogP contribution in [0.5, 0.6) is 0 Å². The van der Waals surface area contributed by atoms with Crippen LogP contribution >= 0.6 is 0 Å². The summed E-state index contributed by atoms with van der Waals surface area (Å²) in [7, 11) is 0. The molecule has 0 amide bonds. The molecule has 1 saturated carbocycles. The summed E-state index contributed by atoms with van der Waals surface area (Å²) in [4.78, 5) is 0. The lowest BCUT2D eigenvalue weighted by Gasteiger charge is -1.83. The zero-order valence-electron chi connectivity index (χ0n) is 4.07. The molecule has 7 heavy (non-hydrogen) atoms. The van der Waals surface area contributed by atoms with E-state index in [1.54, 1.807) is 0 Å². The number of rotatable bonds is 2. The second kappa shape index (κ2) is 1.45. The molecule has 1 aliphatic rings. The van der Waals surface area contributed by atoms with Gasteiger partial charge < -0.3 is 10.8 Å². The molecule has 0 aromatic carbocycles. The van der Waals surface area contributed by atoms with Crippen molar-refractivity contribution in [1.82, 2.24) is 0 Å². The van der Waals surface area contributed by atoms with E-state index in [2.05, 4.69) is 0 Å². The Balaban J connectivity index is 2.37. The Morgan fingerprint density at radius 2 is 2.14 bits per heavy atom. The third-order valence-corrected chi connectivity index (χ3v) is 1.17. The van der Waals surface area contributed by atoms with Gasteiger partial charge in [0.15, 0.2) is 0 Å². The summed E-state index contributed by atoms with van der Waals surface area (Å²) in [6.45, 7) is 0. The van der Waals surface area contributed by atoms with Crippen molar-refractivity contribution in [2.45, 2.75) is 12.8 Å². The van der Waals surface area contributed by atoms with Gasteiger partial charge in [-0.3, -0.25) is 0 Å². The summed E-state index contributed by atoms with van der Waals surface area (Å²) in [6, 6.07) is 0. The fourth-order valence-electron chi connectivity index (χ4n) is 0.512. The van der Waals surface area contributed by atoms with Crippen molar-refractivity contribution in [2.75, 3.05) is 0 Å². The van der Waals surface area contributed by atoms with E-state index in [-0.39, 0.29) is 0 Å². The van der Waals surface area contributed by atoms with E-state index in [0.29, 0.717) is 11.6 Å². The smallest absolute Gasteiger partial charge is 0.0520 e. The van der Waals surface area contributed by atoms with Crippen LogP contribution in [0.25, 0.3) is 0 Å².